The van der Waals surface area contributed by atoms with Gasteiger partial charge < -0.3 is 0 Å². The standard InChI is InChI=1S/3C3H9Si.Cs.Sn/c3*1-4(2)3;;/h3*1-3H3;;. The third kappa shape index (κ3) is 266. The van der Waals surface area contributed by atoms with Gasteiger partial charge in [0, 0.05) is 119 Å². The molecule has 0 nitrogen and oxygen atoms in total. The van der Waals surface area contributed by atoms with Crippen molar-refractivity contribution in [1.82, 2.24) is 0 Å². The van der Waals surface area contributed by atoms with Crippen LogP contribution < -0.4 is 0 Å². The molecule has 0 N–H and O–H groups in total. The molecule has 0 fully saturated rings. The van der Waals surface area contributed by atoms with E-state index in [0.717, 1.165) is 0 Å². The van der Waals surface area contributed by atoms with Crippen LogP contribution in [0.4, 0.5) is 0 Å². The Morgan fingerprint density at radius 1 is 0.429 bits per heavy atom. The van der Waals surface area contributed by atoms with Crippen molar-refractivity contribution in [2.24, 2.45) is 0 Å². The summed E-state index contributed by atoms with van der Waals surface area (Å²) < 4.78 is 0. The average Bonchev–Trinajstić information content (AvgIpc) is 1.54. The van der Waals surface area contributed by atoms with Gasteiger partial charge in [-0.3, -0.25) is 0 Å². The summed E-state index contributed by atoms with van der Waals surface area (Å²) in [5, 5.41) is 0. The average molecular weight is 471 g/mol. The Kier molecular flexibility index (Phi) is 55.3. The van der Waals surface area contributed by atoms with Gasteiger partial charge in [-0.2, -0.15) is 0 Å². The molecule has 14 heavy (non-hydrogen) atoms. The van der Waals surface area contributed by atoms with Crippen molar-refractivity contribution in [1.29, 1.82) is 0 Å². The predicted octanol–water partition coefficient (Wildman–Crippen LogP) is 3.35. The Hall–Kier alpha value is 3.50. The Morgan fingerprint density at radius 3 is 0.429 bits per heavy atom. The van der Waals surface area contributed by atoms with Crippen LogP contribution in [0.3, 0.4) is 0 Å². The summed E-state index contributed by atoms with van der Waals surface area (Å²) >= 11 is 0. The number of hydrogen-bond donors (Lipinski definition) is 0. The zero-order chi connectivity index (χ0) is 10.7. The SMILES string of the molecule is C[Si](C)C.C[Si](C)C.C[Si](C)C.[Cs].[Sn]. The molecule has 0 unspecified atom stereocenters. The van der Waals surface area contributed by atoms with Crippen molar-refractivity contribution in [2.75, 3.05) is 0 Å². The summed E-state index contributed by atoms with van der Waals surface area (Å²) in [4.78, 5) is 0. The van der Waals surface area contributed by atoms with Crippen molar-refractivity contribution >= 4 is 119 Å². The van der Waals surface area contributed by atoms with E-state index in [0.29, 0.717) is 0 Å². The minimum absolute atomic E-state index is 0. The first kappa shape index (κ1) is 30.5. The van der Waals surface area contributed by atoms with E-state index < -0.39 is 0 Å². The molecule has 0 heterocycles. The molecule has 0 aromatic rings. The van der Waals surface area contributed by atoms with Crippen molar-refractivity contribution < 1.29 is 0 Å². The zero-order valence-corrected chi connectivity index (χ0v) is 24.1. The first-order valence-electron chi connectivity index (χ1n) is 4.50. The van der Waals surface area contributed by atoms with E-state index >= 15 is 0 Å². The molecule has 8 radical (unpaired) electrons. The number of rotatable bonds is 0. The van der Waals surface area contributed by atoms with E-state index in [1.165, 1.54) is 0 Å². The molecule has 0 aromatic heterocycles. The summed E-state index contributed by atoms with van der Waals surface area (Å²) in [6, 6.07) is 0. The third-order valence-electron chi connectivity index (χ3n) is 0. The fourth-order valence-electron chi connectivity index (χ4n) is 0. The van der Waals surface area contributed by atoms with Crippen molar-refractivity contribution in [3.05, 3.63) is 0 Å². The smallest absolute Gasteiger partial charge is 0.0379 e. The molecular weight excluding hydrogens is 444 g/mol. The maximum absolute atomic E-state index is 2.27. The van der Waals surface area contributed by atoms with Gasteiger partial charge >= 0.3 is 0 Å². The van der Waals surface area contributed by atoms with E-state index in [9.17, 15) is 0 Å². The van der Waals surface area contributed by atoms with Gasteiger partial charge in [0.2, 0.25) is 0 Å². The second-order valence-corrected chi connectivity index (χ2v) is 13.5. The number of hydrogen-bond acceptors (Lipinski definition) is 0. The van der Waals surface area contributed by atoms with Crippen LogP contribution in [0.2, 0.25) is 58.9 Å². The van der Waals surface area contributed by atoms with Crippen LogP contribution in [0.25, 0.3) is 0 Å². The van der Waals surface area contributed by atoms with Crippen LogP contribution in [-0.4, -0.2) is 119 Å². The van der Waals surface area contributed by atoms with Crippen molar-refractivity contribution in [2.45, 2.75) is 58.9 Å². The maximum Gasteiger partial charge on any atom is 0.0379 e. The molecule has 0 saturated heterocycles. The Bertz CT molecular complexity index is 48.5. The van der Waals surface area contributed by atoms with Crippen molar-refractivity contribution in [3.63, 3.8) is 0 Å². The molecule has 0 rings (SSSR count). The van der Waals surface area contributed by atoms with Gasteiger partial charge in [-0.15, -0.1) is 0 Å². The van der Waals surface area contributed by atoms with E-state index in [4.69, 9.17) is 0 Å². The van der Waals surface area contributed by atoms with Crippen LogP contribution in [0.15, 0.2) is 0 Å². The second kappa shape index (κ2) is 25.4. The summed E-state index contributed by atoms with van der Waals surface area (Å²) in [5.74, 6) is 0. The van der Waals surface area contributed by atoms with Gasteiger partial charge in [0.25, 0.3) is 0 Å². The molecule has 0 aromatic carbocycles. The summed E-state index contributed by atoms with van der Waals surface area (Å²) in [6.45, 7) is 20.4. The molecule has 0 saturated carbocycles. The molecule has 80 valence electrons. The molecule has 0 aliphatic carbocycles. The zero-order valence-electron chi connectivity index (χ0n) is 12.0. The largest absolute Gasteiger partial charge is 0.0715 e. The van der Waals surface area contributed by atoms with Crippen LogP contribution in [0, 0.1) is 0 Å². The van der Waals surface area contributed by atoms with E-state index in [-0.39, 0.29) is 119 Å². The minimum Gasteiger partial charge on any atom is -0.0715 e. The Labute approximate surface area is 174 Å². The van der Waals surface area contributed by atoms with Gasteiger partial charge in [0.15, 0.2) is 0 Å². The molecule has 5 heteroatoms. The molecule has 0 spiro atoms. The topological polar surface area (TPSA) is 0 Å². The Morgan fingerprint density at radius 2 is 0.429 bits per heavy atom. The Balaban J connectivity index is -0.0000000270. The first-order chi connectivity index (χ1) is 5.20. The molecule has 0 aliphatic rings. The van der Waals surface area contributed by atoms with Crippen LogP contribution in [0.5, 0.6) is 0 Å². The fourth-order valence-corrected chi connectivity index (χ4v) is 0. The van der Waals surface area contributed by atoms with Crippen LogP contribution in [-0.2, 0) is 0 Å². The molecule has 0 aliphatic heterocycles. The molecule has 0 atom stereocenters. The predicted molar refractivity (Wildman–Crippen MR) is 81.5 cm³/mol. The fraction of sp³-hybridized carbons (Fsp3) is 1.00. The maximum atomic E-state index is 2.27. The minimum atomic E-state index is 0. The molecular formula is C9H27CsSi3Sn. The van der Waals surface area contributed by atoms with Gasteiger partial charge in [-0.05, 0) is 0 Å². The van der Waals surface area contributed by atoms with Gasteiger partial charge in [-0.25, -0.2) is 0 Å². The quantitative estimate of drug-likeness (QED) is 0.476. The van der Waals surface area contributed by atoms with E-state index in [2.05, 4.69) is 58.9 Å². The van der Waals surface area contributed by atoms with E-state index in [1.54, 1.807) is 0 Å². The molecule has 0 bridgehead atoms. The van der Waals surface area contributed by atoms with Gasteiger partial charge in [0.1, 0.15) is 0 Å². The van der Waals surface area contributed by atoms with E-state index in [1.807, 2.05) is 0 Å². The van der Waals surface area contributed by atoms with Crippen LogP contribution in [0.1, 0.15) is 0 Å². The normalized spacial score (nSPS) is 7.71. The van der Waals surface area contributed by atoms with Gasteiger partial charge in [0.05, 0.1) is 0 Å². The van der Waals surface area contributed by atoms with Crippen LogP contribution >= 0.6 is 0 Å². The monoisotopic (exact) mass is 472 g/mol. The third-order valence-corrected chi connectivity index (χ3v) is 0. The first-order valence-corrected chi connectivity index (χ1v) is 13.5. The summed E-state index contributed by atoms with van der Waals surface area (Å²) in [5.41, 5.74) is 0. The second-order valence-electron chi connectivity index (χ2n) is 4.50. The molecule has 0 amide bonds. The summed E-state index contributed by atoms with van der Waals surface area (Å²) in [7, 11) is 0.361. The van der Waals surface area contributed by atoms with Gasteiger partial charge in [-0.1, -0.05) is 58.9 Å². The summed E-state index contributed by atoms with van der Waals surface area (Å²) in [6.07, 6.45) is 0. The van der Waals surface area contributed by atoms with Crippen molar-refractivity contribution in [3.8, 4) is 0 Å².